The zero-order valence-corrected chi connectivity index (χ0v) is 14.7. The van der Waals surface area contributed by atoms with Crippen LogP contribution in [0.4, 0.5) is 0 Å². The topological polar surface area (TPSA) is 54.7 Å². The normalized spacial score (nSPS) is 23.6. The SMILES string of the molecule is CN=C(NCc1ccccc1-n1cccn1)N1CCC2(CCOC2)C1. The van der Waals surface area contributed by atoms with E-state index in [4.69, 9.17) is 4.74 Å². The zero-order valence-electron chi connectivity index (χ0n) is 14.7. The highest BCUT2D eigenvalue weighted by Gasteiger charge is 2.42. The maximum Gasteiger partial charge on any atom is 0.193 e. The fraction of sp³-hybridized carbons (Fsp3) is 0.474. The van der Waals surface area contributed by atoms with Crippen molar-refractivity contribution in [2.45, 2.75) is 19.4 Å². The van der Waals surface area contributed by atoms with Gasteiger partial charge in [-0.3, -0.25) is 4.99 Å². The predicted octanol–water partition coefficient (Wildman–Crippen LogP) is 2.06. The average Bonchev–Trinajstić information content (AvgIpc) is 3.40. The van der Waals surface area contributed by atoms with Gasteiger partial charge in [0.25, 0.3) is 0 Å². The molecule has 1 spiro atoms. The quantitative estimate of drug-likeness (QED) is 0.687. The summed E-state index contributed by atoms with van der Waals surface area (Å²) in [6.07, 6.45) is 6.13. The summed E-state index contributed by atoms with van der Waals surface area (Å²) in [4.78, 5) is 6.87. The van der Waals surface area contributed by atoms with Crippen molar-refractivity contribution in [2.24, 2.45) is 10.4 Å². The molecule has 1 aromatic heterocycles. The first-order chi connectivity index (χ1) is 12.3. The number of rotatable bonds is 3. The van der Waals surface area contributed by atoms with Crippen molar-refractivity contribution in [3.63, 3.8) is 0 Å². The molecule has 2 aromatic rings. The summed E-state index contributed by atoms with van der Waals surface area (Å²) in [7, 11) is 1.86. The summed E-state index contributed by atoms with van der Waals surface area (Å²) >= 11 is 0. The molecular formula is C19H25N5O. The van der Waals surface area contributed by atoms with Crippen LogP contribution in [0, 0.1) is 5.41 Å². The Labute approximate surface area is 148 Å². The minimum Gasteiger partial charge on any atom is -0.381 e. The predicted molar refractivity (Wildman–Crippen MR) is 97.8 cm³/mol. The first-order valence-corrected chi connectivity index (χ1v) is 8.91. The number of hydrogen-bond donors (Lipinski definition) is 1. The van der Waals surface area contributed by atoms with Gasteiger partial charge in [0.05, 0.1) is 12.3 Å². The fourth-order valence-corrected chi connectivity index (χ4v) is 3.89. The number of para-hydroxylation sites is 1. The lowest BCUT2D eigenvalue weighted by atomic mass is 9.87. The molecular weight excluding hydrogens is 314 g/mol. The third-order valence-electron chi connectivity index (χ3n) is 5.31. The van der Waals surface area contributed by atoms with Crippen LogP contribution in [0.5, 0.6) is 0 Å². The van der Waals surface area contributed by atoms with Gasteiger partial charge in [-0.1, -0.05) is 18.2 Å². The van der Waals surface area contributed by atoms with Crippen LogP contribution in [0.15, 0.2) is 47.7 Å². The van der Waals surface area contributed by atoms with E-state index in [1.54, 1.807) is 6.20 Å². The van der Waals surface area contributed by atoms with E-state index in [0.717, 1.165) is 44.5 Å². The van der Waals surface area contributed by atoms with E-state index in [9.17, 15) is 0 Å². The number of guanidine groups is 1. The molecule has 3 heterocycles. The van der Waals surface area contributed by atoms with Crippen LogP contribution in [-0.2, 0) is 11.3 Å². The van der Waals surface area contributed by atoms with Gasteiger partial charge in [0.15, 0.2) is 5.96 Å². The first-order valence-electron chi connectivity index (χ1n) is 8.91. The summed E-state index contributed by atoms with van der Waals surface area (Å²) in [5.41, 5.74) is 2.63. The van der Waals surface area contributed by atoms with Crippen molar-refractivity contribution >= 4 is 5.96 Å². The third kappa shape index (κ3) is 3.26. The minimum absolute atomic E-state index is 0.338. The Morgan fingerprint density at radius 2 is 2.24 bits per heavy atom. The molecule has 2 aliphatic heterocycles. The van der Waals surface area contributed by atoms with Crippen LogP contribution in [-0.4, -0.2) is 54.0 Å². The molecule has 4 rings (SSSR count). The lowest BCUT2D eigenvalue weighted by molar-refractivity contribution is 0.156. The molecule has 1 aromatic carbocycles. The van der Waals surface area contributed by atoms with Crippen molar-refractivity contribution in [3.8, 4) is 5.69 Å². The van der Waals surface area contributed by atoms with Crippen molar-refractivity contribution in [1.82, 2.24) is 20.0 Å². The van der Waals surface area contributed by atoms with E-state index in [0.29, 0.717) is 5.41 Å². The number of aromatic nitrogens is 2. The largest absolute Gasteiger partial charge is 0.381 e. The molecule has 25 heavy (non-hydrogen) atoms. The average molecular weight is 339 g/mol. The molecule has 6 heteroatoms. The van der Waals surface area contributed by atoms with Crippen molar-refractivity contribution in [3.05, 3.63) is 48.3 Å². The van der Waals surface area contributed by atoms with Gasteiger partial charge in [-0.2, -0.15) is 5.10 Å². The van der Waals surface area contributed by atoms with E-state index in [1.807, 2.05) is 30.1 Å². The maximum absolute atomic E-state index is 5.63. The van der Waals surface area contributed by atoms with Crippen LogP contribution < -0.4 is 5.32 Å². The summed E-state index contributed by atoms with van der Waals surface area (Å²) in [6, 6.07) is 10.3. The summed E-state index contributed by atoms with van der Waals surface area (Å²) < 4.78 is 7.54. The molecule has 2 aliphatic rings. The molecule has 0 radical (unpaired) electrons. The standard InChI is InChI=1S/C19H25N5O/c1-20-18(23-11-7-19(14-23)8-12-25-15-19)21-13-16-5-2-3-6-17(16)24-10-4-9-22-24/h2-6,9-10H,7-8,11-15H2,1H3,(H,20,21). The highest BCUT2D eigenvalue weighted by atomic mass is 16.5. The summed E-state index contributed by atoms with van der Waals surface area (Å²) in [6.45, 7) is 4.60. The van der Waals surface area contributed by atoms with Gasteiger partial charge in [-0.15, -0.1) is 0 Å². The number of benzene rings is 1. The molecule has 0 aliphatic carbocycles. The van der Waals surface area contributed by atoms with Crippen LogP contribution in [0.1, 0.15) is 18.4 Å². The second-order valence-corrected chi connectivity index (χ2v) is 6.95. The van der Waals surface area contributed by atoms with Gasteiger partial charge >= 0.3 is 0 Å². The number of ether oxygens (including phenoxy) is 1. The minimum atomic E-state index is 0.338. The molecule has 1 N–H and O–H groups in total. The van der Waals surface area contributed by atoms with E-state index in [1.165, 1.54) is 18.4 Å². The lowest BCUT2D eigenvalue weighted by Crippen LogP contribution is -2.41. The molecule has 2 saturated heterocycles. The second kappa shape index (κ2) is 6.88. The Morgan fingerprint density at radius 1 is 1.32 bits per heavy atom. The van der Waals surface area contributed by atoms with Gasteiger partial charge in [0.2, 0.25) is 0 Å². The number of nitrogens with one attached hydrogen (secondary N) is 1. The molecule has 1 atom stereocenters. The smallest absolute Gasteiger partial charge is 0.193 e. The molecule has 1 unspecified atom stereocenters. The van der Waals surface area contributed by atoms with Crippen molar-refractivity contribution in [2.75, 3.05) is 33.4 Å². The number of likely N-dealkylation sites (tertiary alicyclic amines) is 1. The molecule has 0 amide bonds. The first kappa shape index (κ1) is 16.1. The van der Waals surface area contributed by atoms with E-state index >= 15 is 0 Å². The Balaban J connectivity index is 1.44. The Hall–Kier alpha value is -2.34. The number of hydrogen-bond acceptors (Lipinski definition) is 3. The second-order valence-electron chi connectivity index (χ2n) is 6.95. The number of aliphatic imine (C=N–C) groups is 1. The van der Waals surface area contributed by atoms with Crippen molar-refractivity contribution < 1.29 is 4.74 Å². The van der Waals surface area contributed by atoms with Crippen molar-refractivity contribution in [1.29, 1.82) is 0 Å². The van der Waals surface area contributed by atoms with E-state index in [-0.39, 0.29) is 0 Å². The highest BCUT2D eigenvalue weighted by molar-refractivity contribution is 5.80. The molecule has 6 nitrogen and oxygen atoms in total. The van der Waals surface area contributed by atoms with Gasteiger partial charge < -0.3 is 15.0 Å². The van der Waals surface area contributed by atoms with Gasteiger partial charge in [0.1, 0.15) is 0 Å². The Morgan fingerprint density at radius 3 is 3.00 bits per heavy atom. The molecule has 132 valence electrons. The van der Waals surface area contributed by atoms with Gasteiger partial charge in [-0.25, -0.2) is 4.68 Å². The van der Waals surface area contributed by atoms with Crippen LogP contribution in [0.2, 0.25) is 0 Å². The monoisotopic (exact) mass is 339 g/mol. The van der Waals surface area contributed by atoms with E-state index in [2.05, 4.69) is 38.5 Å². The fourth-order valence-electron chi connectivity index (χ4n) is 3.89. The van der Waals surface area contributed by atoms with Crippen LogP contribution in [0.3, 0.4) is 0 Å². The van der Waals surface area contributed by atoms with E-state index < -0.39 is 0 Å². The molecule has 0 saturated carbocycles. The highest BCUT2D eigenvalue weighted by Crippen LogP contribution is 2.38. The Kier molecular flexibility index (Phi) is 4.44. The van der Waals surface area contributed by atoms with Gasteiger partial charge in [-0.05, 0) is 30.5 Å². The lowest BCUT2D eigenvalue weighted by Gasteiger charge is -2.25. The third-order valence-corrected chi connectivity index (χ3v) is 5.31. The maximum atomic E-state index is 5.63. The zero-order chi connectivity index (χ0) is 17.1. The summed E-state index contributed by atoms with van der Waals surface area (Å²) in [5.74, 6) is 0.971. The molecule has 0 bridgehead atoms. The summed E-state index contributed by atoms with van der Waals surface area (Å²) in [5, 5.41) is 7.88. The molecule has 2 fully saturated rings. The van der Waals surface area contributed by atoms with Crippen LogP contribution >= 0.6 is 0 Å². The van der Waals surface area contributed by atoms with Crippen LogP contribution in [0.25, 0.3) is 5.69 Å². The Bertz CT molecular complexity index is 734. The number of nitrogens with zero attached hydrogens (tertiary/aromatic N) is 4. The van der Waals surface area contributed by atoms with Gasteiger partial charge in [0, 0.05) is 51.1 Å².